The van der Waals surface area contributed by atoms with Crippen LogP contribution in [-0.2, 0) is 0 Å². The van der Waals surface area contributed by atoms with E-state index in [0.717, 1.165) is 6.07 Å². The lowest BCUT2D eigenvalue weighted by Crippen LogP contribution is -2.27. The zero-order chi connectivity index (χ0) is 16.7. The van der Waals surface area contributed by atoms with E-state index in [2.05, 4.69) is 11.2 Å². The Bertz CT molecular complexity index is 927. The second-order valence-corrected chi connectivity index (χ2v) is 5.26. The van der Waals surface area contributed by atoms with Crippen LogP contribution >= 0.6 is 0 Å². The molecule has 0 saturated heterocycles. The van der Waals surface area contributed by atoms with Crippen molar-refractivity contribution in [2.75, 3.05) is 18.5 Å². The number of benzene rings is 1. The Balaban J connectivity index is 2.43. The summed E-state index contributed by atoms with van der Waals surface area (Å²) in [5, 5.41) is 11.9. The molecule has 1 atom stereocenters. The smallest absolute Gasteiger partial charge is 0.341 e. The maximum Gasteiger partial charge on any atom is 0.341 e. The largest absolute Gasteiger partial charge is 0.487 e. The first kappa shape index (κ1) is 14.9. The summed E-state index contributed by atoms with van der Waals surface area (Å²) in [4.78, 5) is 23.6. The average Bonchev–Trinajstić information content (AvgIpc) is 2.51. The molecule has 2 heterocycles. The van der Waals surface area contributed by atoms with Crippen LogP contribution in [0.5, 0.6) is 5.75 Å². The van der Waals surface area contributed by atoms with Gasteiger partial charge in [-0.3, -0.25) is 4.79 Å². The molecule has 3 rings (SSSR count). The van der Waals surface area contributed by atoms with Crippen molar-refractivity contribution in [1.29, 1.82) is 0 Å². The van der Waals surface area contributed by atoms with Crippen molar-refractivity contribution < 1.29 is 19.0 Å². The maximum absolute atomic E-state index is 14.3. The molecule has 1 aromatic carbocycles. The number of hydrogen-bond donors (Lipinski definition) is 2. The number of pyridine rings is 1. The van der Waals surface area contributed by atoms with E-state index in [9.17, 15) is 19.1 Å². The van der Waals surface area contributed by atoms with Crippen LogP contribution in [0.15, 0.2) is 17.1 Å². The fourth-order valence-corrected chi connectivity index (χ4v) is 2.68. The molecule has 0 amide bonds. The second kappa shape index (κ2) is 5.32. The van der Waals surface area contributed by atoms with Crippen molar-refractivity contribution in [3.8, 4) is 18.1 Å². The molecule has 0 radical (unpaired) electrons. The fraction of sp³-hybridized carbons (Fsp3) is 0.250. The van der Waals surface area contributed by atoms with Crippen molar-refractivity contribution in [3.63, 3.8) is 0 Å². The summed E-state index contributed by atoms with van der Waals surface area (Å²) in [5.41, 5.74) is -0.718. The normalized spacial score (nSPS) is 15.8. The van der Waals surface area contributed by atoms with Crippen LogP contribution in [0.1, 0.15) is 23.3 Å². The van der Waals surface area contributed by atoms with Crippen LogP contribution < -0.4 is 15.5 Å². The van der Waals surface area contributed by atoms with Gasteiger partial charge in [0.15, 0.2) is 11.6 Å². The Morgan fingerprint density at radius 2 is 2.39 bits per heavy atom. The first-order valence-electron chi connectivity index (χ1n) is 6.90. The van der Waals surface area contributed by atoms with E-state index in [1.165, 1.54) is 6.20 Å². The molecule has 0 bridgehead atoms. The number of terminal acetylenes is 1. The van der Waals surface area contributed by atoms with E-state index >= 15 is 0 Å². The topological polar surface area (TPSA) is 80.6 Å². The monoisotopic (exact) mass is 316 g/mol. The summed E-state index contributed by atoms with van der Waals surface area (Å²) in [7, 11) is 0. The standard InChI is InChI=1S/C16H13FN2O4/c1-3-4-18-12-11(17)5-9-13-15(12)23-7-8(2)19(13)6-10(14(9)20)16(21)22/h1,5-6,8,18H,4,7H2,2H3,(H,21,22). The van der Waals surface area contributed by atoms with E-state index in [0.29, 0.717) is 5.52 Å². The number of halogens is 1. The van der Waals surface area contributed by atoms with Crippen molar-refractivity contribution in [3.05, 3.63) is 33.9 Å². The number of anilines is 1. The Morgan fingerprint density at radius 1 is 1.65 bits per heavy atom. The number of carboxylic acids is 1. The van der Waals surface area contributed by atoms with Crippen LogP contribution in [0.2, 0.25) is 0 Å². The molecule has 0 spiro atoms. The van der Waals surface area contributed by atoms with E-state index in [4.69, 9.17) is 11.2 Å². The van der Waals surface area contributed by atoms with E-state index in [1.807, 2.05) is 6.92 Å². The number of aromatic nitrogens is 1. The molecule has 0 fully saturated rings. The lowest BCUT2D eigenvalue weighted by atomic mass is 10.1. The summed E-state index contributed by atoms with van der Waals surface area (Å²) in [5.74, 6) is 0.439. The summed E-state index contributed by atoms with van der Waals surface area (Å²) in [6.45, 7) is 2.13. The number of nitrogens with zero attached hydrogens (tertiary/aromatic N) is 1. The molecule has 1 aliphatic rings. The fourth-order valence-electron chi connectivity index (χ4n) is 2.68. The van der Waals surface area contributed by atoms with Gasteiger partial charge in [0.2, 0.25) is 5.43 Å². The zero-order valence-corrected chi connectivity index (χ0v) is 12.2. The van der Waals surface area contributed by atoms with E-state index < -0.39 is 22.8 Å². The number of aromatic carboxylic acids is 1. The number of carbonyl (C=O) groups is 1. The molecule has 0 saturated carbocycles. The molecule has 23 heavy (non-hydrogen) atoms. The Hall–Kier alpha value is -3.01. The Labute approximate surface area is 130 Å². The minimum absolute atomic E-state index is 0.0322. The number of hydrogen-bond acceptors (Lipinski definition) is 4. The van der Waals surface area contributed by atoms with Crippen LogP contribution in [0.4, 0.5) is 10.1 Å². The molecular weight excluding hydrogens is 303 g/mol. The Kier molecular flexibility index (Phi) is 3.45. The third-order valence-corrected chi connectivity index (χ3v) is 3.76. The number of rotatable bonds is 3. The minimum Gasteiger partial charge on any atom is -0.487 e. The van der Waals surface area contributed by atoms with Gasteiger partial charge in [-0.25, -0.2) is 9.18 Å². The Morgan fingerprint density at radius 3 is 3.04 bits per heavy atom. The molecule has 1 aliphatic heterocycles. The highest BCUT2D eigenvalue weighted by molar-refractivity contribution is 5.97. The average molecular weight is 316 g/mol. The number of ether oxygens (including phenoxy) is 1. The van der Waals surface area contributed by atoms with Crippen LogP contribution in [0, 0.1) is 18.2 Å². The summed E-state index contributed by atoms with van der Waals surface area (Å²) < 4.78 is 21.6. The molecular formula is C16H13FN2O4. The van der Waals surface area contributed by atoms with Crippen LogP contribution in [-0.4, -0.2) is 28.8 Å². The van der Waals surface area contributed by atoms with Gasteiger partial charge in [0, 0.05) is 6.20 Å². The summed E-state index contributed by atoms with van der Waals surface area (Å²) in [6.07, 6.45) is 6.45. The minimum atomic E-state index is -1.35. The van der Waals surface area contributed by atoms with Gasteiger partial charge in [-0.05, 0) is 13.0 Å². The molecule has 2 aromatic rings. The van der Waals surface area contributed by atoms with E-state index in [-0.39, 0.29) is 36.0 Å². The van der Waals surface area contributed by atoms with Crippen LogP contribution in [0.3, 0.4) is 0 Å². The van der Waals surface area contributed by atoms with Gasteiger partial charge in [0.1, 0.15) is 17.9 Å². The van der Waals surface area contributed by atoms with Gasteiger partial charge in [-0.15, -0.1) is 6.42 Å². The first-order valence-corrected chi connectivity index (χ1v) is 6.90. The molecule has 6 nitrogen and oxygen atoms in total. The van der Waals surface area contributed by atoms with Gasteiger partial charge in [0.05, 0.1) is 23.5 Å². The molecule has 7 heteroatoms. The highest BCUT2D eigenvalue weighted by atomic mass is 19.1. The lowest BCUT2D eigenvalue weighted by Gasteiger charge is -2.28. The van der Waals surface area contributed by atoms with Crippen molar-refractivity contribution in [2.24, 2.45) is 0 Å². The predicted molar refractivity (Wildman–Crippen MR) is 82.7 cm³/mol. The maximum atomic E-state index is 14.3. The summed E-state index contributed by atoms with van der Waals surface area (Å²) in [6, 6.07) is 0.819. The third-order valence-electron chi connectivity index (χ3n) is 3.76. The molecule has 118 valence electrons. The van der Waals surface area contributed by atoms with Crippen molar-refractivity contribution in [2.45, 2.75) is 13.0 Å². The summed E-state index contributed by atoms with van der Waals surface area (Å²) >= 11 is 0. The molecule has 1 aromatic heterocycles. The van der Waals surface area contributed by atoms with Gasteiger partial charge >= 0.3 is 5.97 Å². The van der Waals surface area contributed by atoms with Gasteiger partial charge in [-0.1, -0.05) is 5.92 Å². The highest BCUT2D eigenvalue weighted by Crippen LogP contribution is 2.39. The lowest BCUT2D eigenvalue weighted by molar-refractivity contribution is 0.0694. The number of carboxylic acid groups (broad SMARTS) is 1. The molecule has 2 N–H and O–H groups in total. The quantitative estimate of drug-likeness (QED) is 0.845. The van der Waals surface area contributed by atoms with Crippen molar-refractivity contribution >= 4 is 22.6 Å². The predicted octanol–water partition coefficient (Wildman–Crippen LogP) is 1.84. The van der Waals surface area contributed by atoms with Crippen LogP contribution in [0.25, 0.3) is 10.9 Å². The van der Waals surface area contributed by atoms with Crippen molar-refractivity contribution in [1.82, 2.24) is 4.57 Å². The highest BCUT2D eigenvalue weighted by Gasteiger charge is 2.27. The molecule has 0 aliphatic carbocycles. The van der Waals surface area contributed by atoms with E-state index in [1.54, 1.807) is 4.57 Å². The zero-order valence-electron chi connectivity index (χ0n) is 12.2. The van der Waals surface area contributed by atoms with Gasteiger partial charge < -0.3 is 19.7 Å². The van der Waals surface area contributed by atoms with Gasteiger partial charge in [-0.2, -0.15) is 0 Å². The molecule has 1 unspecified atom stereocenters. The second-order valence-electron chi connectivity index (χ2n) is 5.26. The third kappa shape index (κ3) is 2.19. The number of nitrogens with one attached hydrogen (secondary N) is 1. The van der Waals surface area contributed by atoms with Gasteiger partial charge in [0.25, 0.3) is 0 Å². The first-order chi connectivity index (χ1) is 11.0. The SMILES string of the molecule is C#CCNc1c(F)cc2c(=O)c(C(=O)O)cn3c2c1OCC3C.